The minimum atomic E-state index is 0.162. The molecule has 1 rings (SSSR count). The van der Waals surface area contributed by atoms with Gasteiger partial charge in [-0.1, -0.05) is 26.2 Å². The minimum Gasteiger partial charge on any atom is -0.307 e. The first-order valence-corrected chi connectivity index (χ1v) is 5.10. The van der Waals surface area contributed by atoms with Crippen molar-refractivity contribution in [3.05, 3.63) is 0 Å². The second-order valence-corrected chi connectivity index (χ2v) is 3.53. The van der Waals surface area contributed by atoms with Gasteiger partial charge in [-0.3, -0.25) is 4.79 Å². The highest BCUT2D eigenvalue weighted by Crippen LogP contribution is 2.10. The highest BCUT2D eigenvalue weighted by atomic mass is 16.1. The quantitative estimate of drug-likeness (QED) is 0.684. The number of ketones is 1. The van der Waals surface area contributed by atoms with Crippen LogP contribution in [0.2, 0.25) is 0 Å². The Kier molecular flexibility index (Phi) is 4.30. The Morgan fingerprint density at radius 2 is 2.08 bits per heavy atom. The normalized spacial score (nSPS) is 25.9. The van der Waals surface area contributed by atoms with Gasteiger partial charge in [0.15, 0.2) is 0 Å². The van der Waals surface area contributed by atoms with E-state index in [-0.39, 0.29) is 6.04 Å². The van der Waals surface area contributed by atoms with E-state index in [1.165, 1.54) is 25.7 Å². The van der Waals surface area contributed by atoms with Crippen LogP contribution in [0.15, 0.2) is 0 Å². The van der Waals surface area contributed by atoms with Crippen LogP contribution in [0.4, 0.5) is 0 Å². The molecule has 0 spiro atoms. The lowest BCUT2D eigenvalue weighted by molar-refractivity contribution is -0.121. The molecule has 70 valence electrons. The Morgan fingerprint density at radius 3 is 2.83 bits per heavy atom. The Labute approximate surface area is 74.7 Å². The van der Waals surface area contributed by atoms with Gasteiger partial charge >= 0.3 is 0 Å². The summed E-state index contributed by atoms with van der Waals surface area (Å²) in [6.45, 7) is 2.97. The second kappa shape index (κ2) is 5.31. The van der Waals surface area contributed by atoms with Crippen molar-refractivity contribution in [2.24, 2.45) is 0 Å². The van der Waals surface area contributed by atoms with Crippen molar-refractivity contribution in [2.75, 3.05) is 6.54 Å². The summed E-state index contributed by atoms with van der Waals surface area (Å²) in [5.41, 5.74) is 0. The molecule has 0 aromatic heterocycles. The van der Waals surface area contributed by atoms with Gasteiger partial charge in [0, 0.05) is 6.42 Å². The fraction of sp³-hybridized carbons (Fsp3) is 0.900. The SMILES string of the molecule is CCC(=O)C1CCCCCCN1. The third kappa shape index (κ3) is 2.94. The lowest BCUT2D eigenvalue weighted by Crippen LogP contribution is -2.37. The molecule has 1 aliphatic heterocycles. The van der Waals surface area contributed by atoms with Crippen molar-refractivity contribution in [2.45, 2.75) is 51.5 Å². The fourth-order valence-electron chi connectivity index (χ4n) is 1.73. The van der Waals surface area contributed by atoms with E-state index >= 15 is 0 Å². The molecule has 0 aromatic rings. The van der Waals surface area contributed by atoms with E-state index < -0.39 is 0 Å². The van der Waals surface area contributed by atoms with Crippen LogP contribution in [0.5, 0.6) is 0 Å². The Hall–Kier alpha value is -0.370. The zero-order valence-corrected chi connectivity index (χ0v) is 7.94. The van der Waals surface area contributed by atoms with E-state index in [2.05, 4.69) is 5.32 Å². The number of Topliss-reactive ketones (excluding diaryl/α,β-unsaturated/α-hetero) is 1. The maximum absolute atomic E-state index is 11.4. The summed E-state index contributed by atoms with van der Waals surface area (Å²) in [5, 5.41) is 3.32. The minimum absolute atomic E-state index is 0.162. The van der Waals surface area contributed by atoms with E-state index in [1.54, 1.807) is 0 Å². The van der Waals surface area contributed by atoms with Crippen LogP contribution in [0.1, 0.15) is 45.4 Å². The lowest BCUT2D eigenvalue weighted by atomic mass is 10.00. The first kappa shape index (κ1) is 9.72. The molecule has 2 heteroatoms. The maximum atomic E-state index is 11.4. The molecule has 1 fully saturated rings. The third-order valence-electron chi connectivity index (χ3n) is 2.55. The van der Waals surface area contributed by atoms with Crippen LogP contribution in [0, 0.1) is 0 Å². The van der Waals surface area contributed by atoms with Crippen molar-refractivity contribution in [1.82, 2.24) is 5.32 Å². The van der Waals surface area contributed by atoms with Gasteiger partial charge < -0.3 is 5.32 Å². The molecule has 1 unspecified atom stereocenters. The van der Waals surface area contributed by atoms with Crippen LogP contribution < -0.4 is 5.32 Å². The smallest absolute Gasteiger partial charge is 0.149 e. The standard InChI is InChI=1S/C10H19NO/c1-2-10(12)9-7-5-3-4-6-8-11-9/h9,11H,2-8H2,1H3. The van der Waals surface area contributed by atoms with Crippen molar-refractivity contribution in [1.29, 1.82) is 0 Å². The van der Waals surface area contributed by atoms with E-state index in [4.69, 9.17) is 0 Å². The lowest BCUT2D eigenvalue weighted by Gasteiger charge is -2.19. The van der Waals surface area contributed by atoms with Crippen molar-refractivity contribution >= 4 is 5.78 Å². The van der Waals surface area contributed by atoms with Gasteiger partial charge in [0.1, 0.15) is 5.78 Å². The second-order valence-electron chi connectivity index (χ2n) is 3.53. The van der Waals surface area contributed by atoms with E-state index in [0.717, 1.165) is 13.0 Å². The van der Waals surface area contributed by atoms with E-state index in [0.29, 0.717) is 12.2 Å². The number of rotatable bonds is 2. The zero-order chi connectivity index (χ0) is 8.81. The predicted molar refractivity (Wildman–Crippen MR) is 50.2 cm³/mol. The summed E-state index contributed by atoms with van der Waals surface area (Å²) in [6, 6.07) is 0.162. The summed E-state index contributed by atoms with van der Waals surface area (Å²) in [4.78, 5) is 11.4. The zero-order valence-electron chi connectivity index (χ0n) is 7.94. The van der Waals surface area contributed by atoms with Crippen molar-refractivity contribution in [3.8, 4) is 0 Å². The number of hydrogen-bond donors (Lipinski definition) is 1. The fourth-order valence-corrected chi connectivity index (χ4v) is 1.73. The Bertz CT molecular complexity index is 137. The molecular formula is C10H19NO. The van der Waals surface area contributed by atoms with Crippen LogP contribution in [-0.4, -0.2) is 18.4 Å². The molecule has 0 radical (unpaired) electrons. The summed E-state index contributed by atoms with van der Waals surface area (Å²) in [6.07, 6.45) is 6.79. The molecule has 0 aromatic carbocycles. The van der Waals surface area contributed by atoms with E-state index in [9.17, 15) is 4.79 Å². The van der Waals surface area contributed by atoms with Crippen LogP contribution in [0.3, 0.4) is 0 Å². The van der Waals surface area contributed by atoms with Gasteiger partial charge in [-0.15, -0.1) is 0 Å². The summed E-state index contributed by atoms with van der Waals surface area (Å²) in [7, 11) is 0. The van der Waals surface area contributed by atoms with Gasteiger partial charge in [0.25, 0.3) is 0 Å². The average Bonchev–Trinajstić information content (AvgIpc) is 2.02. The van der Waals surface area contributed by atoms with Gasteiger partial charge in [-0.2, -0.15) is 0 Å². The summed E-state index contributed by atoms with van der Waals surface area (Å²) in [5.74, 6) is 0.386. The van der Waals surface area contributed by atoms with Crippen molar-refractivity contribution < 1.29 is 4.79 Å². The molecule has 1 heterocycles. The van der Waals surface area contributed by atoms with E-state index in [1.807, 2.05) is 6.92 Å². The molecule has 1 N–H and O–H groups in total. The number of nitrogens with one attached hydrogen (secondary N) is 1. The first-order chi connectivity index (χ1) is 5.84. The molecule has 1 atom stereocenters. The molecule has 12 heavy (non-hydrogen) atoms. The molecular weight excluding hydrogens is 150 g/mol. The first-order valence-electron chi connectivity index (χ1n) is 5.10. The Balaban J connectivity index is 2.34. The Morgan fingerprint density at radius 1 is 1.33 bits per heavy atom. The highest BCUT2D eigenvalue weighted by molar-refractivity contribution is 5.83. The molecule has 1 aliphatic rings. The van der Waals surface area contributed by atoms with Gasteiger partial charge in [0.05, 0.1) is 6.04 Å². The summed E-state index contributed by atoms with van der Waals surface area (Å²) >= 11 is 0. The molecule has 0 saturated carbocycles. The number of carbonyl (C=O) groups excluding carboxylic acids is 1. The summed E-state index contributed by atoms with van der Waals surface area (Å²) < 4.78 is 0. The maximum Gasteiger partial charge on any atom is 0.149 e. The monoisotopic (exact) mass is 169 g/mol. The largest absolute Gasteiger partial charge is 0.307 e. The van der Waals surface area contributed by atoms with Crippen LogP contribution in [0.25, 0.3) is 0 Å². The van der Waals surface area contributed by atoms with Gasteiger partial charge in [-0.05, 0) is 19.4 Å². The molecule has 0 bridgehead atoms. The van der Waals surface area contributed by atoms with Crippen LogP contribution >= 0.6 is 0 Å². The number of hydrogen-bond acceptors (Lipinski definition) is 2. The van der Waals surface area contributed by atoms with Gasteiger partial charge in [0.2, 0.25) is 0 Å². The molecule has 0 amide bonds. The molecule has 0 aliphatic carbocycles. The highest BCUT2D eigenvalue weighted by Gasteiger charge is 2.16. The topological polar surface area (TPSA) is 29.1 Å². The molecule has 2 nitrogen and oxygen atoms in total. The third-order valence-corrected chi connectivity index (χ3v) is 2.55. The average molecular weight is 169 g/mol. The van der Waals surface area contributed by atoms with Crippen LogP contribution in [-0.2, 0) is 4.79 Å². The van der Waals surface area contributed by atoms with Gasteiger partial charge in [-0.25, -0.2) is 0 Å². The molecule has 1 saturated heterocycles. The number of carbonyl (C=O) groups is 1. The predicted octanol–water partition coefficient (Wildman–Crippen LogP) is 1.89. The van der Waals surface area contributed by atoms with Crippen molar-refractivity contribution in [3.63, 3.8) is 0 Å².